The first-order valence-electron chi connectivity index (χ1n) is 8.42. The lowest BCUT2D eigenvalue weighted by Crippen LogP contribution is -2.34. The summed E-state index contributed by atoms with van der Waals surface area (Å²) in [6, 6.07) is 18.5. The molecule has 0 N–H and O–H groups in total. The molecule has 5 atom stereocenters. The van der Waals surface area contributed by atoms with Gasteiger partial charge in [0.1, 0.15) is 0 Å². The summed E-state index contributed by atoms with van der Waals surface area (Å²) in [7, 11) is 0. The fraction of sp³-hybridized carbons (Fsp3) is 0.429. The average Bonchev–Trinajstić information content (AvgIpc) is 2.86. The summed E-state index contributed by atoms with van der Waals surface area (Å²) >= 11 is 6.84. The van der Waals surface area contributed by atoms with E-state index in [0.29, 0.717) is 11.3 Å². The van der Waals surface area contributed by atoms with Gasteiger partial charge in [0.15, 0.2) is 0 Å². The average molecular weight is 309 g/mol. The van der Waals surface area contributed by atoms with Gasteiger partial charge in [-0.05, 0) is 55.1 Å². The first-order valence-corrected chi connectivity index (χ1v) is 8.86. The van der Waals surface area contributed by atoms with Crippen LogP contribution in [0.1, 0.15) is 28.7 Å². The van der Waals surface area contributed by atoms with Crippen molar-refractivity contribution in [1.29, 1.82) is 0 Å². The number of rotatable bonds is 2. The SMILES string of the molecule is Cc1ccc(C2(c3ccc(C)cc3)[C@@H]3[C@H]4C[C@@H]2[C@@H](Cl)[C@H]43)cc1. The van der Waals surface area contributed by atoms with Crippen LogP contribution in [0.2, 0.25) is 0 Å². The minimum absolute atomic E-state index is 0.170. The molecule has 0 spiro atoms. The third kappa shape index (κ3) is 1.41. The van der Waals surface area contributed by atoms with Crippen LogP contribution in [-0.2, 0) is 5.41 Å². The lowest BCUT2D eigenvalue weighted by molar-refractivity contribution is 0.400. The third-order valence-corrected chi connectivity index (χ3v) is 7.27. The molecule has 4 fully saturated rings. The van der Waals surface area contributed by atoms with Crippen LogP contribution in [0.25, 0.3) is 0 Å². The third-order valence-electron chi connectivity index (χ3n) is 6.68. The second-order valence-corrected chi connectivity index (χ2v) is 8.16. The molecule has 4 saturated carbocycles. The molecule has 112 valence electrons. The molecule has 0 nitrogen and oxygen atoms in total. The Kier molecular flexibility index (Phi) is 2.50. The van der Waals surface area contributed by atoms with Crippen LogP contribution >= 0.6 is 11.6 Å². The van der Waals surface area contributed by atoms with E-state index in [1.807, 2.05) is 0 Å². The standard InChI is InChI=1S/C21H21Cl/c1-12-3-7-14(8-4-12)21(15-9-5-13(2)6-10-15)17-11-16-18(19(16)21)20(17)22/h3-10,16-20H,11H2,1-2H3/t16-,17+,18+,19+,20+/m0/s1. The van der Waals surface area contributed by atoms with E-state index >= 15 is 0 Å². The van der Waals surface area contributed by atoms with Gasteiger partial charge in [-0.25, -0.2) is 0 Å². The molecule has 0 unspecified atom stereocenters. The Balaban J connectivity index is 1.74. The molecular weight excluding hydrogens is 288 g/mol. The summed E-state index contributed by atoms with van der Waals surface area (Å²) < 4.78 is 0. The highest BCUT2D eigenvalue weighted by molar-refractivity contribution is 6.22. The van der Waals surface area contributed by atoms with Gasteiger partial charge < -0.3 is 0 Å². The van der Waals surface area contributed by atoms with E-state index in [4.69, 9.17) is 11.6 Å². The summed E-state index contributed by atoms with van der Waals surface area (Å²) in [5.74, 6) is 3.01. The second-order valence-electron chi connectivity index (χ2n) is 7.65. The maximum atomic E-state index is 6.84. The lowest BCUT2D eigenvalue weighted by Gasteiger charge is -2.36. The molecule has 0 aliphatic heterocycles. The predicted molar refractivity (Wildman–Crippen MR) is 91.4 cm³/mol. The Hall–Kier alpha value is -1.27. The summed E-state index contributed by atoms with van der Waals surface area (Å²) in [6.07, 6.45) is 1.32. The van der Waals surface area contributed by atoms with Gasteiger partial charge in [-0.15, -0.1) is 11.6 Å². The first kappa shape index (κ1) is 13.2. The molecule has 1 heteroatoms. The van der Waals surface area contributed by atoms with Crippen LogP contribution in [0, 0.1) is 37.5 Å². The van der Waals surface area contributed by atoms with Crippen LogP contribution in [0.5, 0.6) is 0 Å². The maximum Gasteiger partial charge on any atom is 0.0410 e. The monoisotopic (exact) mass is 308 g/mol. The molecular formula is C21H21Cl. The van der Waals surface area contributed by atoms with Crippen molar-refractivity contribution in [1.82, 2.24) is 0 Å². The number of alkyl halides is 1. The number of hydrogen-bond donors (Lipinski definition) is 0. The smallest absolute Gasteiger partial charge is 0.0410 e. The minimum atomic E-state index is 0.170. The quantitative estimate of drug-likeness (QED) is 0.678. The molecule has 6 rings (SSSR count). The highest BCUT2D eigenvalue weighted by Gasteiger charge is 2.80. The molecule has 4 aliphatic rings. The van der Waals surface area contributed by atoms with E-state index < -0.39 is 0 Å². The van der Waals surface area contributed by atoms with Crippen LogP contribution in [0.4, 0.5) is 0 Å². The van der Waals surface area contributed by atoms with E-state index in [9.17, 15) is 0 Å². The van der Waals surface area contributed by atoms with Gasteiger partial charge in [0.25, 0.3) is 0 Å². The first-order chi connectivity index (χ1) is 10.6. The highest BCUT2D eigenvalue weighted by atomic mass is 35.5. The van der Waals surface area contributed by atoms with E-state index in [-0.39, 0.29) is 5.41 Å². The van der Waals surface area contributed by atoms with Crippen molar-refractivity contribution in [3.63, 3.8) is 0 Å². The van der Waals surface area contributed by atoms with Crippen LogP contribution in [0.15, 0.2) is 48.5 Å². The molecule has 0 radical (unpaired) electrons. The van der Waals surface area contributed by atoms with E-state index in [1.165, 1.54) is 28.7 Å². The topological polar surface area (TPSA) is 0 Å². The summed E-state index contributed by atoms with van der Waals surface area (Å²) in [4.78, 5) is 0. The lowest BCUT2D eigenvalue weighted by atomic mass is 9.67. The zero-order valence-electron chi connectivity index (χ0n) is 13.1. The van der Waals surface area contributed by atoms with Gasteiger partial charge in [0, 0.05) is 10.8 Å². The van der Waals surface area contributed by atoms with Crippen LogP contribution in [0.3, 0.4) is 0 Å². The zero-order valence-corrected chi connectivity index (χ0v) is 13.8. The van der Waals surface area contributed by atoms with Crippen molar-refractivity contribution in [3.05, 3.63) is 70.8 Å². The number of aryl methyl sites for hydroxylation is 2. The van der Waals surface area contributed by atoms with Crippen molar-refractivity contribution >= 4 is 11.6 Å². The summed E-state index contributed by atoms with van der Waals surface area (Å²) in [5, 5.41) is 0.373. The normalized spacial score (nSPS) is 36.6. The van der Waals surface area contributed by atoms with Gasteiger partial charge in [-0.1, -0.05) is 59.7 Å². The number of hydrogen-bond acceptors (Lipinski definition) is 0. The largest absolute Gasteiger partial charge is 0.122 e. The fourth-order valence-corrected chi connectivity index (χ4v) is 6.44. The van der Waals surface area contributed by atoms with Gasteiger partial charge in [-0.2, -0.15) is 0 Å². The predicted octanol–water partition coefficient (Wildman–Crippen LogP) is 5.09. The van der Waals surface area contributed by atoms with Gasteiger partial charge in [0.05, 0.1) is 0 Å². The van der Waals surface area contributed by atoms with Crippen molar-refractivity contribution in [2.45, 2.75) is 31.1 Å². The Bertz CT molecular complexity index is 682. The van der Waals surface area contributed by atoms with Gasteiger partial charge in [-0.3, -0.25) is 0 Å². The molecule has 22 heavy (non-hydrogen) atoms. The number of benzene rings is 2. The molecule has 0 saturated heterocycles. The number of halogens is 1. The molecule has 2 aromatic rings. The fourth-order valence-electron chi connectivity index (χ4n) is 5.79. The minimum Gasteiger partial charge on any atom is -0.122 e. The molecule has 4 aliphatic carbocycles. The van der Waals surface area contributed by atoms with E-state index in [2.05, 4.69) is 62.4 Å². The Morgan fingerprint density at radius 2 is 1.36 bits per heavy atom. The van der Waals surface area contributed by atoms with E-state index in [0.717, 1.165) is 17.8 Å². The molecule has 2 aromatic carbocycles. The molecule has 4 bridgehead atoms. The summed E-state index contributed by atoms with van der Waals surface area (Å²) in [6.45, 7) is 4.34. The maximum absolute atomic E-state index is 6.84. The van der Waals surface area contributed by atoms with E-state index in [1.54, 1.807) is 0 Å². The van der Waals surface area contributed by atoms with Crippen LogP contribution < -0.4 is 0 Å². The van der Waals surface area contributed by atoms with Crippen molar-refractivity contribution in [3.8, 4) is 0 Å². The Morgan fingerprint density at radius 3 is 1.68 bits per heavy atom. The highest BCUT2D eigenvalue weighted by Crippen LogP contribution is 2.81. The molecule has 0 amide bonds. The Morgan fingerprint density at radius 1 is 0.864 bits per heavy atom. The zero-order chi connectivity index (χ0) is 15.1. The van der Waals surface area contributed by atoms with Gasteiger partial charge >= 0.3 is 0 Å². The molecule has 0 heterocycles. The Labute approximate surface area is 137 Å². The van der Waals surface area contributed by atoms with Gasteiger partial charge in [0.2, 0.25) is 0 Å². The second kappa shape index (κ2) is 4.17. The van der Waals surface area contributed by atoms with Crippen molar-refractivity contribution < 1.29 is 0 Å². The molecule has 0 aromatic heterocycles. The van der Waals surface area contributed by atoms with Crippen molar-refractivity contribution in [2.75, 3.05) is 0 Å². The van der Waals surface area contributed by atoms with Crippen LogP contribution in [-0.4, -0.2) is 5.38 Å². The van der Waals surface area contributed by atoms with Crippen molar-refractivity contribution in [2.24, 2.45) is 23.7 Å². The summed E-state index contributed by atoms with van der Waals surface area (Å²) in [5.41, 5.74) is 5.82.